The van der Waals surface area contributed by atoms with Gasteiger partial charge in [-0.05, 0) is 42.3 Å². The summed E-state index contributed by atoms with van der Waals surface area (Å²) in [5.74, 6) is -2.05. The van der Waals surface area contributed by atoms with E-state index in [-0.39, 0.29) is 23.9 Å². The van der Waals surface area contributed by atoms with Gasteiger partial charge in [-0.1, -0.05) is 18.2 Å². The van der Waals surface area contributed by atoms with Crippen LogP contribution in [0.25, 0.3) is 11.1 Å². The molecule has 0 unspecified atom stereocenters. The number of nitrogens with zero attached hydrogens (tertiary/aromatic N) is 2. The van der Waals surface area contributed by atoms with Gasteiger partial charge in [0.15, 0.2) is 5.75 Å². The van der Waals surface area contributed by atoms with Gasteiger partial charge in [0, 0.05) is 35.1 Å². The molecule has 0 fully saturated rings. The first kappa shape index (κ1) is 23.0. The second-order valence-corrected chi connectivity index (χ2v) is 9.39. The van der Waals surface area contributed by atoms with E-state index in [2.05, 4.69) is 9.97 Å². The largest absolute Gasteiger partial charge is 0.493 e. The number of anilines is 1. The first-order valence-electron chi connectivity index (χ1n) is 9.99. The molecule has 2 aromatic heterocycles. The summed E-state index contributed by atoms with van der Waals surface area (Å²) in [5, 5.41) is 10.8. The van der Waals surface area contributed by atoms with Crippen LogP contribution in [0, 0.1) is 5.92 Å². The van der Waals surface area contributed by atoms with Crippen molar-refractivity contribution in [1.82, 2.24) is 9.97 Å². The highest BCUT2D eigenvalue weighted by molar-refractivity contribution is 7.92. The van der Waals surface area contributed by atoms with Gasteiger partial charge in [-0.3, -0.25) is 9.71 Å². The number of rotatable bonds is 6. The number of alkyl halides is 3. The van der Waals surface area contributed by atoms with Gasteiger partial charge < -0.3 is 9.84 Å². The summed E-state index contributed by atoms with van der Waals surface area (Å²) in [7, 11) is -4.70. The molecule has 11 heteroatoms. The Bertz CT molecular complexity index is 1240. The van der Waals surface area contributed by atoms with E-state index in [1.54, 1.807) is 24.4 Å². The molecule has 1 aromatic carbocycles. The summed E-state index contributed by atoms with van der Waals surface area (Å²) >= 11 is 0. The maximum Gasteiger partial charge on any atom is 0.404 e. The predicted octanol–water partition coefficient (Wildman–Crippen LogP) is 3.73. The summed E-state index contributed by atoms with van der Waals surface area (Å²) in [6.45, 7) is 0.242. The van der Waals surface area contributed by atoms with E-state index < -0.39 is 28.1 Å². The molecule has 3 aromatic rings. The zero-order valence-corrected chi connectivity index (χ0v) is 18.0. The van der Waals surface area contributed by atoms with Crippen molar-refractivity contribution in [2.24, 2.45) is 5.92 Å². The van der Waals surface area contributed by atoms with Crippen LogP contribution in [0.4, 0.5) is 19.0 Å². The van der Waals surface area contributed by atoms with E-state index in [0.29, 0.717) is 23.3 Å². The number of ether oxygens (including phenoxy) is 1. The summed E-state index contributed by atoms with van der Waals surface area (Å²) in [5.41, 5.74) is 2.15. The Morgan fingerprint density at radius 3 is 2.61 bits per heavy atom. The molecular weight excluding hydrogens is 459 g/mol. The van der Waals surface area contributed by atoms with Crippen molar-refractivity contribution in [2.75, 3.05) is 17.1 Å². The van der Waals surface area contributed by atoms with Gasteiger partial charge in [0.1, 0.15) is 11.6 Å². The Morgan fingerprint density at radius 1 is 1.09 bits per heavy atom. The number of aliphatic hydroxyl groups excluding tert-OH is 1. The van der Waals surface area contributed by atoms with Gasteiger partial charge in [-0.25, -0.2) is 13.4 Å². The van der Waals surface area contributed by atoms with Gasteiger partial charge in [-0.15, -0.1) is 0 Å². The van der Waals surface area contributed by atoms with Crippen LogP contribution in [0.3, 0.4) is 0 Å². The minimum absolute atomic E-state index is 0.207. The Hall–Kier alpha value is -3.18. The minimum atomic E-state index is -4.89. The monoisotopic (exact) mass is 479 g/mol. The lowest BCUT2D eigenvalue weighted by molar-refractivity contribution is -0.106. The molecular formula is C22H20F3N3O4S. The Labute approximate surface area is 188 Å². The summed E-state index contributed by atoms with van der Waals surface area (Å²) in [6, 6.07) is 13.5. The van der Waals surface area contributed by atoms with Crippen LogP contribution in [-0.2, 0) is 16.4 Å². The third-order valence-electron chi connectivity index (χ3n) is 5.15. The number of fused-ring (bicyclic) bond motifs is 1. The minimum Gasteiger partial charge on any atom is -0.493 e. The summed E-state index contributed by atoms with van der Waals surface area (Å²) in [4.78, 5) is 8.18. The molecule has 4 rings (SSSR count). The van der Waals surface area contributed by atoms with Crippen LogP contribution in [0.5, 0.6) is 5.75 Å². The standard InChI is InChI=1S/C22H20F3N3O4S/c23-22(24,25)13-33(30,31)28-21-17(5-3-9-27-21)14-6-7-18-19(11-14)32-12-15(20(18)29)10-16-4-1-2-8-26-16/h1-9,11,15,20,29H,10,12-13H2,(H,27,28)/t15-,20+/m1/s1. The van der Waals surface area contributed by atoms with Crippen LogP contribution < -0.4 is 9.46 Å². The molecule has 0 spiro atoms. The molecule has 174 valence electrons. The average Bonchev–Trinajstić information content (AvgIpc) is 2.75. The SMILES string of the molecule is O=S(=O)(CC(F)(F)F)Nc1ncccc1-c1ccc2c(c1)OC[C@@H](Cc1ccccn1)[C@@H]2O. The average molecular weight is 479 g/mol. The first-order valence-corrected chi connectivity index (χ1v) is 11.6. The molecule has 3 heterocycles. The third kappa shape index (κ3) is 5.60. The first-order chi connectivity index (χ1) is 15.6. The van der Waals surface area contributed by atoms with Gasteiger partial charge >= 0.3 is 6.18 Å². The highest BCUT2D eigenvalue weighted by Gasteiger charge is 2.36. The third-order valence-corrected chi connectivity index (χ3v) is 6.37. The maximum atomic E-state index is 12.6. The lowest BCUT2D eigenvalue weighted by Gasteiger charge is -2.30. The number of pyridine rings is 2. The Balaban J connectivity index is 1.58. The van der Waals surface area contributed by atoms with E-state index in [9.17, 15) is 26.7 Å². The topological polar surface area (TPSA) is 101 Å². The van der Waals surface area contributed by atoms with Gasteiger partial charge in [0.2, 0.25) is 10.0 Å². The number of halogens is 3. The molecule has 33 heavy (non-hydrogen) atoms. The van der Waals surface area contributed by atoms with Crippen molar-refractivity contribution in [3.05, 3.63) is 72.2 Å². The molecule has 1 aliphatic rings. The molecule has 0 saturated carbocycles. The Kier molecular flexibility index (Phi) is 6.26. The van der Waals surface area contributed by atoms with E-state index in [1.165, 1.54) is 18.3 Å². The van der Waals surface area contributed by atoms with Crippen LogP contribution in [0.15, 0.2) is 60.9 Å². The van der Waals surface area contributed by atoms with Crippen molar-refractivity contribution >= 4 is 15.8 Å². The second kappa shape index (κ2) is 8.99. The van der Waals surface area contributed by atoms with Crippen LogP contribution in [-0.4, -0.2) is 42.0 Å². The number of nitrogens with one attached hydrogen (secondary N) is 1. The van der Waals surface area contributed by atoms with Crippen molar-refractivity contribution < 1.29 is 31.4 Å². The number of aromatic nitrogens is 2. The predicted molar refractivity (Wildman–Crippen MR) is 115 cm³/mol. The number of hydrogen-bond donors (Lipinski definition) is 2. The highest BCUT2D eigenvalue weighted by atomic mass is 32.2. The number of benzene rings is 1. The number of aliphatic hydroxyl groups is 1. The molecule has 1 aliphatic heterocycles. The van der Waals surface area contributed by atoms with Crippen LogP contribution >= 0.6 is 0 Å². The highest BCUT2D eigenvalue weighted by Crippen LogP contribution is 2.40. The van der Waals surface area contributed by atoms with E-state index >= 15 is 0 Å². The maximum absolute atomic E-state index is 12.6. The zero-order valence-electron chi connectivity index (χ0n) is 17.2. The van der Waals surface area contributed by atoms with Crippen LogP contribution in [0.2, 0.25) is 0 Å². The van der Waals surface area contributed by atoms with Gasteiger partial charge in [-0.2, -0.15) is 13.2 Å². The van der Waals surface area contributed by atoms with Crippen molar-refractivity contribution in [1.29, 1.82) is 0 Å². The molecule has 7 nitrogen and oxygen atoms in total. The van der Waals surface area contributed by atoms with E-state index in [0.717, 1.165) is 5.69 Å². The normalized spacial score (nSPS) is 18.3. The quantitative estimate of drug-likeness (QED) is 0.559. The fraction of sp³-hybridized carbons (Fsp3) is 0.273. The van der Waals surface area contributed by atoms with Gasteiger partial charge in [0.05, 0.1) is 12.7 Å². The smallest absolute Gasteiger partial charge is 0.404 e. The number of hydrogen-bond acceptors (Lipinski definition) is 6. The fourth-order valence-electron chi connectivity index (χ4n) is 3.69. The summed E-state index contributed by atoms with van der Waals surface area (Å²) < 4.78 is 69.4. The number of sulfonamides is 1. The Morgan fingerprint density at radius 2 is 1.88 bits per heavy atom. The van der Waals surface area contributed by atoms with Crippen molar-refractivity contribution in [3.8, 4) is 16.9 Å². The van der Waals surface area contributed by atoms with Crippen molar-refractivity contribution in [2.45, 2.75) is 18.7 Å². The van der Waals surface area contributed by atoms with Crippen LogP contribution in [0.1, 0.15) is 17.4 Å². The molecule has 0 amide bonds. The van der Waals surface area contributed by atoms with Gasteiger partial charge in [0.25, 0.3) is 0 Å². The lowest BCUT2D eigenvalue weighted by atomic mass is 9.88. The van der Waals surface area contributed by atoms with E-state index in [1.807, 2.05) is 22.9 Å². The van der Waals surface area contributed by atoms with Crippen molar-refractivity contribution in [3.63, 3.8) is 0 Å². The fourth-order valence-corrected chi connectivity index (χ4v) is 4.65. The molecule has 0 bridgehead atoms. The molecule has 0 radical (unpaired) electrons. The summed E-state index contributed by atoms with van der Waals surface area (Å²) in [6.07, 6.45) is -2.21. The molecule has 0 aliphatic carbocycles. The molecule has 2 N–H and O–H groups in total. The zero-order chi connectivity index (χ0) is 23.6. The molecule has 0 saturated heterocycles. The molecule has 2 atom stereocenters. The second-order valence-electron chi connectivity index (χ2n) is 7.67. The lowest BCUT2D eigenvalue weighted by Crippen LogP contribution is -2.28. The van der Waals surface area contributed by atoms with E-state index in [4.69, 9.17) is 4.74 Å².